The van der Waals surface area contributed by atoms with E-state index in [4.69, 9.17) is 0 Å². The van der Waals surface area contributed by atoms with Gasteiger partial charge in [0.15, 0.2) is 0 Å². The summed E-state index contributed by atoms with van der Waals surface area (Å²) in [4.78, 5) is 11.9. The highest BCUT2D eigenvalue weighted by Crippen LogP contribution is 1.87. The fraction of sp³-hybridized carbons (Fsp3) is 0.500. The third kappa shape index (κ3) is 2.74. The standard InChI is InChI=1S/C6H11NO2/c1-4-7(3)6(8)9-5-2/h4H,1,5H2,2-3H3. The fourth-order valence-corrected chi connectivity index (χ4v) is 0.300. The zero-order valence-electron chi connectivity index (χ0n) is 5.76. The topological polar surface area (TPSA) is 29.5 Å². The molecule has 0 fully saturated rings. The van der Waals surface area contributed by atoms with Crippen LogP contribution >= 0.6 is 0 Å². The van der Waals surface area contributed by atoms with Crippen LogP contribution in [-0.4, -0.2) is 24.6 Å². The van der Waals surface area contributed by atoms with E-state index in [1.54, 1.807) is 14.0 Å². The molecule has 0 bridgehead atoms. The molecule has 0 heterocycles. The van der Waals surface area contributed by atoms with Gasteiger partial charge in [0, 0.05) is 13.2 Å². The number of ether oxygens (including phenoxy) is 1. The van der Waals surface area contributed by atoms with Crippen molar-refractivity contribution in [2.24, 2.45) is 0 Å². The minimum atomic E-state index is -0.368. The minimum Gasteiger partial charge on any atom is -0.449 e. The molecule has 0 atom stereocenters. The van der Waals surface area contributed by atoms with Crippen molar-refractivity contribution in [1.82, 2.24) is 4.90 Å². The highest BCUT2D eigenvalue weighted by atomic mass is 16.5. The van der Waals surface area contributed by atoms with Crippen LogP contribution in [0.4, 0.5) is 4.79 Å². The van der Waals surface area contributed by atoms with Gasteiger partial charge in [0.2, 0.25) is 0 Å². The lowest BCUT2D eigenvalue weighted by Gasteiger charge is -2.09. The third-order valence-electron chi connectivity index (χ3n) is 0.830. The normalized spacial score (nSPS) is 8.22. The monoisotopic (exact) mass is 129 g/mol. The van der Waals surface area contributed by atoms with Gasteiger partial charge < -0.3 is 4.74 Å². The van der Waals surface area contributed by atoms with Crippen molar-refractivity contribution in [2.75, 3.05) is 13.7 Å². The summed E-state index contributed by atoms with van der Waals surface area (Å²) in [5.74, 6) is 0. The van der Waals surface area contributed by atoms with Crippen LogP contribution in [-0.2, 0) is 4.74 Å². The van der Waals surface area contributed by atoms with Crippen molar-refractivity contribution in [3.05, 3.63) is 12.8 Å². The average molecular weight is 129 g/mol. The van der Waals surface area contributed by atoms with E-state index in [1.807, 2.05) is 0 Å². The molecule has 0 saturated carbocycles. The smallest absolute Gasteiger partial charge is 0.413 e. The van der Waals surface area contributed by atoms with Crippen LogP contribution in [0.2, 0.25) is 0 Å². The number of rotatable bonds is 2. The van der Waals surface area contributed by atoms with E-state index in [-0.39, 0.29) is 6.09 Å². The van der Waals surface area contributed by atoms with E-state index in [0.717, 1.165) is 0 Å². The van der Waals surface area contributed by atoms with Crippen molar-refractivity contribution in [2.45, 2.75) is 6.92 Å². The molecule has 0 aromatic heterocycles. The van der Waals surface area contributed by atoms with Crippen LogP contribution in [0, 0.1) is 0 Å². The third-order valence-corrected chi connectivity index (χ3v) is 0.830. The summed E-state index contributed by atoms with van der Waals surface area (Å²) in [6.07, 6.45) is 1.03. The summed E-state index contributed by atoms with van der Waals surface area (Å²) in [7, 11) is 1.59. The highest BCUT2D eigenvalue weighted by Gasteiger charge is 2.02. The SMILES string of the molecule is C=CN(C)C(=O)OCC. The molecule has 0 aromatic rings. The van der Waals surface area contributed by atoms with Crippen molar-refractivity contribution in [3.63, 3.8) is 0 Å². The van der Waals surface area contributed by atoms with Crippen LogP contribution in [0.3, 0.4) is 0 Å². The molecule has 0 spiro atoms. The van der Waals surface area contributed by atoms with Gasteiger partial charge in [-0.2, -0.15) is 0 Å². The lowest BCUT2D eigenvalue weighted by atomic mass is 10.8. The first-order chi connectivity index (χ1) is 4.22. The second-order valence-corrected chi connectivity index (χ2v) is 1.49. The van der Waals surface area contributed by atoms with Gasteiger partial charge in [-0.25, -0.2) is 4.79 Å². The average Bonchev–Trinajstić information content (AvgIpc) is 1.87. The van der Waals surface area contributed by atoms with Crippen molar-refractivity contribution < 1.29 is 9.53 Å². The van der Waals surface area contributed by atoms with Gasteiger partial charge in [0.1, 0.15) is 0 Å². The summed E-state index contributed by atoms with van der Waals surface area (Å²) in [6, 6.07) is 0. The molecule has 1 amide bonds. The predicted octanol–water partition coefficient (Wildman–Crippen LogP) is 1.22. The van der Waals surface area contributed by atoms with Crippen molar-refractivity contribution in [3.8, 4) is 0 Å². The molecule has 3 heteroatoms. The molecular formula is C6H11NO2. The van der Waals surface area contributed by atoms with Crippen LogP contribution < -0.4 is 0 Å². The summed E-state index contributed by atoms with van der Waals surface area (Å²) in [5.41, 5.74) is 0. The molecule has 0 aliphatic carbocycles. The maximum atomic E-state index is 10.6. The number of carbonyl (C=O) groups is 1. The number of nitrogens with zero attached hydrogens (tertiary/aromatic N) is 1. The molecule has 0 unspecified atom stereocenters. The number of carbonyl (C=O) groups excluding carboxylic acids is 1. The Kier molecular flexibility index (Phi) is 3.51. The van der Waals surface area contributed by atoms with Gasteiger partial charge in [-0.15, -0.1) is 0 Å². The maximum Gasteiger partial charge on any atom is 0.413 e. The number of hydrogen-bond acceptors (Lipinski definition) is 2. The summed E-state index contributed by atoms with van der Waals surface area (Å²) in [6.45, 7) is 5.55. The Balaban J connectivity index is 3.58. The van der Waals surface area contributed by atoms with E-state index < -0.39 is 0 Å². The second kappa shape index (κ2) is 3.95. The lowest BCUT2D eigenvalue weighted by molar-refractivity contribution is 0.129. The zero-order chi connectivity index (χ0) is 7.28. The number of amides is 1. The molecule has 52 valence electrons. The fourth-order valence-electron chi connectivity index (χ4n) is 0.300. The molecule has 9 heavy (non-hydrogen) atoms. The Labute approximate surface area is 54.9 Å². The Morgan fingerprint density at radius 1 is 1.89 bits per heavy atom. The summed E-state index contributed by atoms with van der Waals surface area (Å²) < 4.78 is 4.61. The zero-order valence-corrected chi connectivity index (χ0v) is 5.76. The molecular weight excluding hydrogens is 118 g/mol. The van der Waals surface area contributed by atoms with E-state index >= 15 is 0 Å². The highest BCUT2D eigenvalue weighted by molar-refractivity contribution is 5.68. The molecule has 0 saturated heterocycles. The Bertz CT molecular complexity index is 112. The van der Waals surface area contributed by atoms with Gasteiger partial charge >= 0.3 is 6.09 Å². The van der Waals surface area contributed by atoms with Gasteiger partial charge in [-0.05, 0) is 6.92 Å². The van der Waals surface area contributed by atoms with Crippen molar-refractivity contribution >= 4 is 6.09 Å². The van der Waals surface area contributed by atoms with Gasteiger partial charge in [-0.3, -0.25) is 4.90 Å². The molecule has 3 nitrogen and oxygen atoms in total. The van der Waals surface area contributed by atoms with E-state index in [9.17, 15) is 4.79 Å². The second-order valence-electron chi connectivity index (χ2n) is 1.49. The van der Waals surface area contributed by atoms with E-state index in [1.165, 1.54) is 11.1 Å². The quantitative estimate of drug-likeness (QED) is 0.561. The predicted molar refractivity (Wildman–Crippen MR) is 35.0 cm³/mol. The first kappa shape index (κ1) is 8.01. The maximum absolute atomic E-state index is 10.6. The van der Waals surface area contributed by atoms with Crippen LogP contribution in [0.25, 0.3) is 0 Å². The Morgan fingerprint density at radius 2 is 2.44 bits per heavy atom. The molecule has 0 radical (unpaired) electrons. The van der Waals surface area contributed by atoms with Crippen LogP contribution in [0.1, 0.15) is 6.92 Å². The van der Waals surface area contributed by atoms with Crippen molar-refractivity contribution in [1.29, 1.82) is 0 Å². The Hall–Kier alpha value is -0.990. The summed E-state index contributed by atoms with van der Waals surface area (Å²) >= 11 is 0. The molecule has 0 rings (SSSR count). The van der Waals surface area contributed by atoms with Crippen LogP contribution in [0.15, 0.2) is 12.8 Å². The first-order valence-electron chi connectivity index (χ1n) is 2.74. The Morgan fingerprint density at radius 3 is 2.78 bits per heavy atom. The van der Waals surface area contributed by atoms with Gasteiger partial charge in [0.05, 0.1) is 6.61 Å². The largest absolute Gasteiger partial charge is 0.449 e. The molecule has 0 N–H and O–H groups in total. The van der Waals surface area contributed by atoms with E-state index in [2.05, 4.69) is 11.3 Å². The van der Waals surface area contributed by atoms with Gasteiger partial charge in [-0.1, -0.05) is 6.58 Å². The minimum absolute atomic E-state index is 0.368. The van der Waals surface area contributed by atoms with Gasteiger partial charge in [0.25, 0.3) is 0 Å². The molecule has 0 aliphatic heterocycles. The number of hydrogen-bond donors (Lipinski definition) is 0. The first-order valence-corrected chi connectivity index (χ1v) is 2.74. The molecule has 0 aromatic carbocycles. The molecule has 0 aliphatic rings. The van der Waals surface area contributed by atoms with Crippen LogP contribution in [0.5, 0.6) is 0 Å². The summed E-state index contributed by atoms with van der Waals surface area (Å²) in [5, 5.41) is 0. The lowest BCUT2D eigenvalue weighted by Crippen LogP contribution is -2.21. The van der Waals surface area contributed by atoms with E-state index in [0.29, 0.717) is 6.61 Å².